The van der Waals surface area contributed by atoms with Gasteiger partial charge in [0.25, 0.3) is 5.91 Å². The Bertz CT molecular complexity index is 680. The zero-order valence-corrected chi connectivity index (χ0v) is 12.0. The highest BCUT2D eigenvalue weighted by Crippen LogP contribution is 2.22. The zero-order chi connectivity index (χ0) is 15.8. The Hall–Kier alpha value is -1.91. The minimum atomic E-state index is -4.05. The maximum atomic E-state index is 12.5. The van der Waals surface area contributed by atoms with Gasteiger partial charge in [-0.15, -0.1) is 0 Å². The highest BCUT2D eigenvalue weighted by atomic mass is 32.2. The number of carboxylic acid groups (broad SMARTS) is 1. The standard InChI is InChI=1S/C11H15N3O6S/c1-13-5-7(4-8(13)10(12)15)21(18,19)14-2-3-20-6-9(14)11(16)17/h4-5,9H,2-3,6H2,1H3,(H2,12,15)(H,16,17). The molecular formula is C11H15N3O6S. The number of carboxylic acids is 1. The van der Waals surface area contributed by atoms with E-state index in [0.29, 0.717) is 0 Å². The van der Waals surface area contributed by atoms with Crippen molar-refractivity contribution in [3.63, 3.8) is 0 Å². The van der Waals surface area contributed by atoms with Gasteiger partial charge in [-0.05, 0) is 6.07 Å². The van der Waals surface area contributed by atoms with Gasteiger partial charge in [0.05, 0.1) is 13.2 Å². The third kappa shape index (κ3) is 2.77. The molecule has 1 saturated heterocycles. The molecule has 1 atom stereocenters. The van der Waals surface area contributed by atoms with Gasteiger partial charge >= 0.3 is 5.97 Å². The number of nitrogens with zero attached hydrogens (tertiary/aromatic N) is 2. The van der Waals surface area contributed by atoms with Gasteiger partial charge in [0.15, 0.2) is 0 Å². The summed E-state index contributed by atoms with van der Waals surface area (Å²) in [6, 6.07) is -0.160. The number of primary amides is 1. The SMILES string of the molecule is Cn1cc(S(=O)(=O)N2CCOCC2C(=O)O)cc1C(N)=O. The summed E-state index contributed by atoms with van der Waals surface area (Å²) in [7, 11) is -2.57. The number of nitrogens with two attached hydrogens (primary N) is 1. The van der Waals surface area contributed by atoms with Crippen LogP contribution in [0.5, 0.6) is 0 Å². The molecule has 9 nitrogen and oxygen atoms in total. The van der Waals surface area contributed by atoms with Crippen molar-refractivity contribution in [2.24, 2.45) is 12.8 Å². The fourth-order valence-corrected chi connectivity index (χ4v) is 3.75. The summed E-state index contributed by atoms with van der Waals surface area (Å²) in [5.74, 6) is -2.06. The minimum Gasteiger partial charge on any atom is -0.480 e. The number of sulfonamides is 1. The van der Waals surface area contributed by atoms with Crippen molar-refractivity contribution in [2.45, 2.75) is 10.9 Å². The number of rotatable bonds is 4. The average Bonchev–Trinajstić information content (AvgIpc) is 2.81. The lowest BCUT2D eigenvalue weighted by molar-refractivity contribution is -0.146. The second-order valence-electron chi connectivity index (χ2n) is 4.58. The summed E-state index contributed by atoms with van der Waals surface area (Å²) in [6.45, 7) is -0.178. The number of morpholine rings is 1. The van der Waals surface area contributed by atoms with Crippen LogP contribution in [0.25, 0.3) is 0 Å². The number of hydrogen-bond donors (Lipinski definition) is 2. The molecule has 21 heavy (non-hydrogen) atoms. The van der Waals surface area contributed by atoms with E-state index in [-0.39, 0.29) is 30.3 Å². The van der Waals surface area contributed by atoms with Crippen LogP contribution < -0.4 is 5.73 Å². The first-order valence-electron chi connectivity index (χ1n) is 6.03. The molecular weight excluding hydrogens is 302 g/mol. The number of aromatic nitrogens is 1. The number of aryl methyl sites for hydroxylation is 1. The molecule has 0 bridgehead atoms. The van der Waals surface area contributed by atoms with Crippen molar-refractivity contribution < 1.29 is 27.9 Å². The smallest absolute Gasteiger partial charge is 0.324 e. The van der Waals surface area contributed by atoms with Crippen LogP contribution >= 0.6 is 0 Å². The first-order valence-corrected chi connectivity index (χ1v) is 7.47. The lowest BCUT2D eigenvalue weighted by Crippen LogP contribution is -2.52. The second-order valence-corrected chi connectivity index (χ2v) is 6.47. The third-order valence-electron chi connectivity index (χ3n) is 3.20. The molecule has 1 amide bonds. The van der Waals surface area contributed by atoms with E-state index in [4.69, 9.17) is 15.6 Å². The summed E-state index contributed by atoms with van der Waals surface area (Å²) in [4.78, 5) is 22.2. The number of aliphatic carboxylic acids is 1. The Labute approximate surface area is 120 Å². The molecule has 3 N–H and O–H groups in total. The topological polar surface area (TPSA) is 132 Å². The maximum Gasteiger partial charge on any atom is 0.324 e. The Balaban J connectivity index is 2.43. The Kier molecular flexibility index (Phi) is 4.03. The van der Waals surface area contributed by atoms with Crippen molar-refractivity contribution in [3.8, 4) is 0 Å². The molecule has 0 saturated carbocycles. The van der Waals surface area contributed by atoms with Crippen molar-refractivity contribution in [1.29, 1.82) is 0 Å². The summed E-state index contributed by atoms with van der Waals surface area (Å²) in [5.41, 5.74) is 5.16. The number of amides is 1. The van der Waals surface area contributed by atoms with Crippen molar-refractivity contribution in [3.05, 3.63) is 18.0 Å². The molecule has 10 heteroatoms. The van der Waals surface area contributed by atoms with E-state index in [1.165, 1.54) is 17.8 Å². The quantitative estimate of drug-likeness (QED) is 0.702. The highest BCUT2D eigenvalue weighted by Gasteiger charge is 2.39. The van der Waals surface area contributed by atoms with Crippen molar-refractivity contribution in [1.82, 2.24) is 8.87 Å². The van der Waals surface area contributed by atoms with Crippen LogP contribution in [0.15, 0.2) is 17.2 Å². The van der Waals surface area contributed by atoms with E-state index in [9.17, 15) is 18.0 Å². The fourth-order valence-electron chi connectivity index (χ4n) is 2.13. The molecule has 1 aromatic rings. The molecule has 1 fully saturated rings. The molecule has 1 aliphatic rings. The molecule has 2 heterocycles. The van der Waals surface area contributed by atoms with Gasteiger partial charge in [0, 0.05) is 19.8 Å². The van der Waals surface area contributed by atoms with Gasteiger partial charge < -0.3 is 20.1 Å². The van der Waals surface area contributed by atoms with Gasteiger partial charge in [0.1, 0.15) is 16.6 Å². The van der Waals surface area contributed by atoms with Crippen LogP contribution in [0.2, 0.25) is 0 Å². The van der Waals surface area contributed by atoms with E-state index < -0.39 is 27.9 Å². The minimum absolute atomic E-state index is 0.0220. The van der Waals surface area contributed by atoms with E-state index in [1.807, 2.05) is 0 Å². The molecule has 0 spiro atoms. The average molecular weight is 317 g/mol. The number of carbonyl (C=O) groups excluding carboxylic acids is 1. The molecule has 0 radical (unpaired) electrons. The first kappa shape index (κ1) is 15.5. The summed E-state index contributed by atoms with van der Waals surface area (Å²) in [5, 5.41) is 9.10. The largest absolute Gasteiger partial charge is 0.480 e. The predicted octanol–water partition coefficient (Wildman–Crippen LogP) is -1.40. The van der Waals surface area contributed by atoms with Crippen LogP contribution in [0.4, 0.5) is 0 Å². The van der Waals surface area contributed by atoms with Crippen LogP contribution in [0.3, 0.4) is 0 Å². The van der Waals surface area contributed by atoms with E-state index >= 15 is 0 Å². The van der Waals surface area contributed by atoms with Gasteiger partial charge in [-0.2, -0.15) is 4.31 Å². The first-order chi connectivity index (χ1) is 9.75. The Morgan fingerprint density at radius 3 is 2.67 bits per heavy atom. The fraction of sp³-hybridized carbons (Fsp3) is 0.455. The summed E-state index contributed by atoms with van der Waals surface area (Å²) in [6.07, 6.45) is 1.23. The number of ether oxygens (including phenoxy) is 1. The Morgan fingerprint density at radius 2 is 2.14 bits per heavy atom. The molecule has 116 valence electrons. The van der Waals surface area contributed by atoms with E-state index in [0.717, 1.165) is 10.4 Å². The van der Waals surface area contributed by atoms with E-state index in [2.05, 4.69) is 0 Å². The van der Waals surface area contributed by atoms with Crippen molar-refractivity contribution >= 4 is 21.9 Å². The number of hydrogen-bond acceptors (Lipinski definition) is 5. The summed E-state index contributed by atoms with van der Waals surface area (Å²) < 4.78 is 32.2. The van der Waals surface area contributed by atoms with Gasteiger partial charge in [0.2, 0.25) is 10.0 Å². The predicted molar refractivity (Wildman–Crippen MR) is 70.1 cm³/mol. The van der Waals surface area contributed by atoms with Gasteiger partial charge in [-0.3, -0.25) is 9.59 Å². The van der Waals surface area contributed by atoms with Crippen LogP contribution in [0.1, 0.15) is 10.5 Å². The molecule has 1 aromatic heterocycles. The molecule has 1 unspecified atom stereocenters. The zero-order valence-electron chi connectivity index (χ0n) is 11.2. The van der Waals surface area contributed by atoms with Gasteiger partial charge in [-0.1, -0.05) is 0 Å². The van der Waals surface area contributed by atoms with Crippen molar-refractivity contribution in [2.75, 3.05) is 19.8 Å². The second kappa shape index (κ2) is 5.47. The lowest BCUT2D eigenvalue weighted by atomic mass is 10.3. The molecule has 0 aromatic carbocycles. The molecule has 1 aliphatic heterocycles. The van der Waals surface area contributed by atoms with Crippen LogP contribution in [-0.4, -0.2) is 60.1 Å². The molecule has 0 aliphatic carbocycles. The number of carbonyl (C=O) groups is 2. The Morgan fingerprint density at radius 1 is 1.48 bits per heavy atom. The monoisotopic (exact) mass is 317 g/mol. The molecule has 2 rings (SSSR count). The normalized spacial score (nSPS) is 20.3. The van der Waals surface area contributed by atoms with Gasteiger partial charge in [-0.25, -0.2) is 8.42 Å². The maximum absolute atomic E-state index is 12.5. The van der Waals surface area contributed by atoms with E-state index in [1.54, 1.807) is 0 Å². The lowest BCUT2D eigenvalue weighted by Gasteiger charge is -2.31. The highest BCUT2D eigenvalue weighted by molar-refractivity contribution is 7.89. The van der Waals surface area contributed by atoms with Crippen LogP contribution in [0, 0.1) is 0 Å². The van der Waals surface area contributed by atoms with Crippen LogP contribution in [-0.2, 0) is 26.6 Å². The third-order valence-corrected chi connectivity index (χ3v) is 5.08. The summed E-state index contributed by atoms with van der Waals surface area (Å²) >= 11 is 0.